The predicted molar refractivity (Wildman–Crippen MR) is 114 cm³/mol. The first-order chi connectivity index (χ1) is 14.0. The van der Waals surface area contributed by atoms with E-state index >= 15 is 0 Å². The summed E-state index contributed by atoms with van der Waals surface area (Å²) in [6.45, 7) is 7.33. The molecule has 3 rings (SSSR count). The minimum Gasteiger partial charge on any atom is -0.484 e. The summed E-state index contributed by atoms with van der Waals surface area (Å²) in [6.07, 6.45) is 1.30. The topological polar surface area (TPSA) is 58.6 Å². The molecule has 1 N–H and O–H groups in total. The number of hydrogen-bond acceptors (Lipinski definition) is 3. The molecule has 2 amide bonds. The lowest BCUT2D eigenvalue weighted by atomic mass is 9.87. The molecule has 0 saturated heterocycles. The van der Waals surface area contributed by atoms with E-state index in [2.05, 4.69) is 37.4 Å². The predicted octanol–water partition coefficient (Wildman–Crippen LogP) is 3.72. The van der Waals surface area contributed by atoms with E-state index in [1.54, 1.807) is 0 Å². The fourth-order valence-corrected chi connectivity index (χ4v) is 3.67. The average Bonchev–Trinajstić information content (AvgIpc) is 2.75. The van der Waals surface area contributed by atoms with Gasteiger partial charge in [-0.2, -0.15) is 0 Å². The SMILES string of the molecule is CCC(=O)N1CCc2ccc(OCC(=O)NCC(C)C)cc2C1c1ccccc1. The van der Waals surface area contributed by atoms with Crippen LogP contribution in [0.1, 0.15) is 49.9 Å². The second-order valence-corrected chi connectivity index (χ2v) is 7.85. The smallest absolute Gasteiger partial charge is 0.257 e. The number of rotatable bonds is 7. The van der Waals surface area contributed by atoms with Crippen LogP contribution < -0.4 is 10.1 Å². The maximum atomic E-state index is 12.6. The normalized spacial score (nSPS) is 15.7. The summed E-state index contributed by atoms with van der Waals surface area (Å²) in [5, 5.41) is 2.86. The van der Waals surface area contributed by atoms with Crippen molar-refractivity contribution in [1.82, 2.24) is 10.2 Å². The molecule has 5 heteroatoms. The van der Waals surface area contributed by atoms with Crippen molar-refractivity contribution in [2.45, 2.75) is 39.7 Å². The molecule has 29 heavy (non-hydrogen) atoms. The number of ether oxygens (including phenoxy) is 1. The molecular formula is C24H30N2O3. The lowest BCUT2D eigenvalue weighted by molar-refractivity contribution is -0.133. The first kappa shape index (κ1) is 20.9. The van der Waals surface area contributed by atoms with Crippen molar-refractivity contribution in [2.75, 3.05) is 19.7 Å². The van der Waals surface area contributed by atoms with Crippen molar-refractivity contribution in [2.24, 2.45) is 5.92 Å². The molecule has 1 atom stereocenters. The Morgan fingerprint density at radius 2 is 1.93 bits per heavy atom. The number of amides is 2. The van der Waals surface area contributed by atoms with E-state index < -0.39 is 0 Å². The van der Waals surface area contributed by atoms with E-state index in [0.717, 1.165) is 17.5 Å². The molecule has 0 saturated carbocycles. The van der Waals surface area contributed by atoms with Gasteiger partial charge >= 0.3 is 0 Å². The zero-order chi connectivity index (χ0) is 20.8. The number of nitrogens with one attached hydrogen (secondary N) is 1. The van der Waals surface area contributed by atoms with Gasteiger partial charge in [-0.3, -0.25) is 9.59 Å². The van der Waals surface area contributed by atoms with E-state index in [1.807, 2.05) is 42.2 Å². The summed E-state index contributed by atoms with van der Waals surface area (Å²) in [5.74, 6) is 1.06. The second kappa shape index (κ2) is 9.59. The Bertz CT molecular complexity index is 848. The Hall–Kier alpha value is -2.82. The molecule has 5 nitrogen and oxygen atoms in total. The van der Waals surface area contributed by atoms with Crippen molar-refractivity contribution >= 4 is 11.8 Å². The quantitative estimate of drug-likeness (QED) is 0.779. The first-order valence-electron chi connectivity index (χ1n) is 10.4. The molecule has 0 fully saturated rings. The lowest BCUT2D eigenvalue weighted by Gasteiger charge is -2.38. The molecule has 1 heterocycles. The van der Waals surface area contributed by atoms with E-state index in [-0.39, 0.29) is 24.5 Å². The Kier molecular flexibility index (Phi) is 6.91. The third-order valence-electron chi connectivity index (χ3n) is 5.16. The van der Waals surface area contributed by atoms with Gasteiger partial charge in [-0.1, -0.05) is 57.2 Å². The number of carbonyl (C=O) groups is 2. The molecule has 2 aromatic carbocycles. The molecule has 154 valence electrons. The standard InChI is InChI=1S/C24H30N2O3/c1-4-23(28)26-13-12-18-10-11-20(29-16-22(27)25-15-17(2)3)14-21(18)24(26)19-8-6-5-7-9-19/h5-11,14,17,24H,4,12-13,15-16H2,1-3H3,(H,25,27). The molecule has 0 spiro atoms. The third-order valence-corrected chi connectivity index (χ3v) is 5.16. The largest absolute Gasteiger partial charge is 0.484 e. The Morgan fingerprint density at radius 3 is 2.62 bits per heavy atom. The van der Waals surface area contributed by atoms with Crippen LogP contribution in [0.2, 0.25) is 0 Å². The summed E-state index contributed by atoms with van der Waals surface area (Å²) in [7, 11) is 0. The van der Waals surface area contributed by atoms with Gasteiger partial charge in [-0.15, -0.1) is 0 Å². The van der Waals surface area contributed by atoms with Crippen LogP contribution in [-0.4, -0.2) is 36.4 Å². The van der Waals surface area contributed by atoms with Crippen molar-refractivity contribution in [1.29, 1.82) is 0 Å². The summed E-state index contributed by atoms with van der Waals surface area (Å²) < 4.78 is 5.76. The van der Waals surface area contributed by atoms with Crippen LogP contribution in [-0.2, 0) is 16.0 Å². The number of hydrogen-bond donors (Lipinski definition) is 1. The molecular weight excluding hydrogens is 364 g/mol. The fraction of sp³-hybridized carbons (Fsp3) is 0.417. The Balaban J connectivity index is 1.84. The summed E-state index contributed by atoms with van der Waals surface area (Å²) in [5.41, 5.74) is 3.38. The highest BCUT2D eigenvalue weighted by Gasteiger charge is 2.31. The molecule has 0 bridgehead atoms. The summed E-state index contributed by atoms with van der Waals surface area (Å²) in [4.78, 5) is 26.6. The number of fused-ring (bicyclic) bond motifs is 1. The molecule has 1 aliphatic rings. The van der Waals surface area contributed by atoms with E-state index in [4.69, 9.17) is 4.74 Å². The van der Waals surface area contributed by atoms with Gasteiger partial charge < -0.3 is 15.0 Å². The monoisotopic (exact) mass is 394 g/mol. The fourth-order valence-electron chi connectivity index (χ4n) is 3.67. The van der Waals surface area contributed by atoms with Crippen molar-refractivity contribution in [3.8, 4) is 5.75 Å². The number of carbonyl (C=O) groups excluding carboxylic acids is 2. The van der Waals surface area contributed by atoms with Crippen molar-refractivity contribution in [3.63, 3.8) is 0 Å². The second-order valence-electron chi connectivity index (χ2n) is 7.85. The van der Waals surface area contributed by atoms with Gasteiger partial charge in [0.25, 0.3) is 5.91 Å². The average molecular weight is 395 g/mol. The Labute approximate surface area is 173 Å². The lowest BCUT2D eigenvalue weighted by Crippen LogP contribution is -2.40. The number of nitrogens with zero attached hydrogens (tertiary/aromatic N) is 1. The van der Waals surface area contributed by atoms with Crippen LogP contribution in [0.25, 0.3) is 0 Å². The molecule has 2 aromatic rings. The van der Waals surface area contributed by atoms with Crippen LogP contribution in [0.5, 0.6) is 5.75 Å². The first-order valence-corrected chi connectivity index (χ1v) is 10.4. The van der Waals surface area contributed by atoms with Crippen LogP contribution in [0.4, 0.5) is 0 Å². The van der Waals surface area contributed by atoms with Crippen LogP contribution in [0.3, 0.4) is 0 Å². The minimum atomic E-state index is -0.134. The molecule has 0 radical (unpaired) electrons. The van der Waals surface area contributed by atoms with Crippen LogP contribution in [0, 0.1) is 5.92 Å². The van der Waals surface area contributed by atoms with E-state index in [1.165, 1.54) is 5.56 Å². The van der Waals surface area contributed by atoms with Crippen molar-refractivity contribution < 1.29 is 14.3 Å². The van der Waals surface area contributed by atoms with Gasteiger partial charge in [-0.25, -0.2) is 0 Å². The zero-order valence-corrected chi connectivity index (χ0v) is 17.5. The van der Waals surface area contributed by atoms with E-state index in [0.29, 0.717) is 31.2 Å². The molecule has 0 aromatic heterocycles. The summed E-state index contributed by atoms with van der Waals surface area (Å²) in [6, 6.07) is 15.9. The highest BCUT2D eigenvalue weighted by molar-refractivity contribution is 5.78. The molecule has 0 aliphatic carbocycles. The highest BCUT2D eigenvalue weighted by Crippen LogP contribution is 2.37. The number of benzene rings is 2. The van der Waals surface area contributed by atoms with Gasteiger partial charge in [0.05, 0.1) is 6.04 Å². The summed E-state index contributed by atoms with van der Waals surface area (Å²) >= 11 is 0. The maximum Gasteiger partial charge on any atom is 0.257 e. The van der Waals surface area contributed by atoms with Gasteiger partial charge in [0.2, 0.25) is 5.91 Å². The third kappa shape index (κ3) is 5.17. The molecule has 1 aliphatic heterocycles. The van der Waals surface area contributed by atoms with Crippen molar-refractivity contribution in [3.05, 3.63) is 65.2 Å². The van der Waals surface area contributed by atoms with Crippen LogP contribution >= 0.6 is 0 Å². The maximum absolute atomic E-state index is 12.6. The van der Waals surface area contributed by atoms with Gasteiger partial charge in [0, 0.05) is 19.5 Å². The van der Waals surface area contributed by atoms with Gasteiger partial charge in [0.15, 0.2) is 6.61 Å². The Morgan fingerprint density at radius 1 is 1.17 bits per heavy atom. The zero-order valence-electron chi connectivity index (χ0n) is 17.5. The minimum absolute atomic E-state index is 0.0148. The molecule has 1 unspecified atom stereocenters. The highest BCUT2D eigenvalue weighted by atomic mass is 16.5. The van der Waals surface area contributed by atoms with Gasteiger partial charge in [-0.05, 0) is 41.2 Å². The van der Waals surface area contributed by atoms with Gasteiger partial charge in [0.1, 0.15) is 5.75 Å². The van der Waals surface area contributed by atoms with E-state index in [9.17, 15) is 9.59 Å². The van der Waals surface area contributed by atoms with Crippen LogP contribution in [0.15, 0.2) is 48.5 Å².